The zero-order valence-electron chi connectivity index (χ0n) is 6.80. The van der Waals surface area contributed by atoms with Crippen molar-refractivity contribution in [2.24, 2.45) is 0 Å². The van der Waals surface area contributed by atoms with E-state index in [1.54, 1.807) is 18.4 Å². The van der Waals surface area contributed by atoms with Crippen LogP contribution in [0.25, 0.3) is 0 Å². The third kappa shape index (κ3) is 2.27. The lowest BCUT2D eigenvalue weighted by Crippen LogP contribution is -2.29. The highest BCUT2D eigenvalue weighted by atomic mass is 32.2. The lowest BCUT2D eigenvalue weighted by Gasteiger charge is -2.20. The Hall–Kier alpha value is -0.450. The Morgan fingerprint density at radius 2 is 2.25 bits per heavy atom. The van der Waals surface area contributed by atoms with E-state index in [1.165, 1.54) is 6.08 Å². The van der Waals surface area contributed by atoms with E-state index in [0.29, 0.717) is 11.3 Å². The van der Waals surface area contributed by atoms with E-state index in [2.05, 4.69) is 0 Å². The lowest BCUT2D eigenvalue weighted by molar-refractivity contribution is 0.0719. The molecule has 3 nitrogen and oxygen atoms in total. The zero-order chi connectivity index (χ0) is 9.14. The minimum Gasteiger partial charge on any atom is -0.386 e. The van der Waals surface area contributed by atoms with E-state index in [-0.39, 0.29) is 0 Å². The molecule has 0 unspecified atom stereocenters. The van der Waals surface area contributed by atoms with Crippen molar-refractivity contribution in [2.45, 2.75) is 12.2 Å². The van der Waals surface area contributed by atoms with Gasteiger partial charge < -0.3 is 10.2 Å². The molecule has 0 bridgehead atoms. The summed E-state index contributed by atoms with van der Waals surface area (Å²) in [7, 11) is -0.972. The van der Waals surface area contributed by atoms with Gasteiger partial charge in [-0.2, -0.15) is 0 Å². The minimum atomic E-state index is -0.972. The van der Waals surface area contributed by atoms with Crippen molar-refractivity contribution in [1.82, 2.24) is 0 Å². The van der Waals surface area contributed by atoms with Crippen molar-refractivity contribution < 1.29 is 14.4 Å². The maximum absolute atomic E-state index is 10.8. The smallest absolute Gasteiger partial charge is 0.106 e. The highest BCUT2D eigenvalue weighted by molar-refractivity contribution is 7.84. The van der Waals surface area contributed by atoms with Gasteiger partial charge in [0.2, 0.25) is 0 Å². The average Bonchev–Trinajstić information content (AvgIpc) is 1.98. The summed E-state index contributed by atoms with van der Waals surface area (Å²) in [6.07, 6.45) is 4.69. The van der Waals surface area contributed by atoms with Crippen LogP contribution in [-0.2, 0) is 10.8 Å². The molecule has 2 N–H and O–H groups in total. The van der Waals surface area contributed by atoms with Gasteiger partial charge in [0, 0.05) is 22.8 Å². The van der Waals surface area contributed by atoms with Gasteiger partial charge in [0.25, 0.3) is 0 Å². The predicted octanol–water partition coefficient (Wildman–Crippen LogP) is -0.417. The maximum Gasteiger partial charge on any atom is 0.106 e. The number of hydrogen-bond acceptors (Lipinski definition) is 3. The van der Waals surface area contributed by atoms with Crippen LogP contribution in [0.2, 0.25) is 0 Å². The van der Waals surface area contributed by atoms with Gasteiger partial charge in [-0.25, -0.2) is 0 Å². The third-order valence-corrected chi connectivity index (χ3v) is 2.43. The molecule has 0 amide bonds. The van der Waals surface area contributed by atoms with Crippen LogP contribution in [0.4, 0.5) is 0 Å². The molecule has 4 heteroatoms. The summed E-state index contributed by atoms with van der Waals surface area (Å²) < 4.78 is 10.8. The monoisotopic (exact) mass is 188 g/mol. The molecule has 0 saturated carbocycles. The average molecular weight is 188 g/mol. The predicted molar refractivity (Wildman–Crippen MR) is 48.2 cm³/mol. The number of hydrogen-bond donors (Lipinski definition) is 2. The fraction of sp³-hybridized carbons (Fsp3) is 0.500. The van der Waals surface area contributed by atoms with Crippen molar-refractivity contribution in [2.75, 3.05) is 12.0 Å². The minimum absolute atomic E-state index is 0.322. The van der Waals surface area contributed by atoms with E-state index >= 15 is 0 Å². The topological polar surface area (TPSA) is 57.5 Å². The van der Waals surface area contributed by atoms with Crippen LogP contribution in [-0.4, -0.2) is 38.6 Å². The van der Waals surface area contributed by atoms with Crippen LogP contribution in [0.15, 0.2) is 23.8 Å². The summed E-state index contributed by atoms with van der Waals surface area (Å²) in [5.74, 6) is 0.322. The largest absolute Gasteiger partial charge is 0.386 e. The Bertz CT molecular complexity index is 245. The SMILES string of the molecule is C[S@@](=O)CC1=CC=C[C@H](O)[C@@H]1O. The van der Waals surface area contributed by atoms with Gasteiger partial charge in [0.1, 0.15) is 12.2 Å². The van der Waals surface area contributed by atoms with E-state index in [9.17, 15) is 14.4 Å². The van der Waals surface area contributed by atoms with E-state index in [4.69, 9.17) is 0 Å². The van der Waals surface area contributed by atoms with Crippen molar-refractivity contribution in [3.63, 3.8) is 0 Å². The van der Waals surface area contributed by atoms with Crippen molar-refractivity contribution in [3.8, 4) is 0 Å². The van der Waals surface area contributed by atoms with Crippen LogP contribution in [0.5, 0.6) is 0 Å². The molecule has 0 aliphatic heterocycles. The van der Waals surface area contributed by atoms with Gasteiger partial charge in [-0.1, -0.05) is 18.2 Å². The Labute approximate surface area is 73.9 Å². The molecular formula is C8H12O3S. The quantitative estimate of drug-likeness (QED) is 0.619. The first-order valence-corrected chi connectivity index (χ1v) is 5.37. The van der Waals surface area contributed by atoms with Gasteiger partial charge >= 0.3 is 0 Å². The van der Waals surface area contributed by atoms with Gasteiger partial charge in [-0.05, 0) is 5.57 Å². The number of aliphatic hydroxyl groups excluding tert-OH is 2. The Balaban J connectivity index is 2.69. The number of allylic oxidation sites excluding steroid dienone is 2. The molecule has 0 spiro atoms. The summed E-state index contributed by atoms with van der Waals surface area (Å²) in [6, 6.07) is 0. The Kier molecular flexibility index (Phi) is 3.20. The second-order valence-corrected chi connectivity index (χ2v) is 4.21. The fourth-order valence-electron chi connectivity index (χ4n) is 1.08. The molecule has 0 aromatic rings. The van der Waals surface area contributed by atoms with Crippen molar-refractivity contribution in [3.05, 3.63) is 23.8 Å². The first-order valence-electron chi connectivity index (χ1n) is 3.64. The maximum atomic E-state index is 10.8. The van der Waals surface area contributed by atoms with E-state index in [0.717, 1.165) is 0 Å². The number of aliphatic hydroxyl groups is 2. The highest BCUT2D eigenvalue weighted by Gasteiger charge is 2.20. The molecule has 12 heavy (non-hydrogen) atoms. The highest BCUT2D eigenvalue weighted by Crippen LogP contribution is 2.14. The van der Waals surface area contributed by atoms with Crippen LogP contribution >= 0.6 is 0 Å². The molecule has 68 valence electrons. The summed E-state index contributed by atoms with van der Waals surface area (Å²) in [4.78, 5) is 0. The molecule has 0 saturated heterocycles. The molecule has 1 rings (SSSR count). The lowest BCUT2D eigenvalue weighted by atomic mass is 10.0. The summed E-state index contributed by atoms with van der Waals surface area (Å²) >= 11 is 0. The molecule has 1 aliphatic carbocycles. The second-order valence-electron chi connectivity index (χ2n) is 2.78. The zero-order valence-corrected chi connectivity index (χ0v) is 7.62. The van der Waals surface area contributed by atoms with Gasteiger partial charge in [0.15, 0.2) is 0 Å². The molecule has 0 aromatic carbocycles. The van der Waals surface area contributed by atoms with Crippen LogP contribution in [0, 0.1) is 0 Å². The van der Waals surface area contributed by atoms with Crippen LogP contribution in [0.1, 0.15) is 0 Å². The summed E-state index contributed by atoms with van der Waals surface area (Å²) in [5, 5.41) is 18.6. The fourth-order valence-corrected chi connectivity index (χ4v) is 1.82. The third-order valence-electron chi connectivity index (χ3n) is 1.69. The first kappa shape index (κ1) is 9.64. The van der Waals surface area contributed by atoms with E-state index in [1.807, 2.05) is 0 Å². The normalized spacial score (nSPS) is 31.4. The molecule has 0 aromatic heterocycles. The molecule has 0 radical (unpaired) electrons. The first-order chi connectivity index (χ1) is 5.61. The summed E-state index contributed by atoms with van der Waals surface area (Å²) in [5.41, 5.74) is 0.630. The van der Waals surface area contributed by atoms with Crippen molar-refractivity contribution in [1.29, 1.82) is 0 Å². The molecule has 0 fully saturated rings. The summed E-state index contributed by atoms with van der Waals surface area (Å²) in [6.45, 7) is 0. The Morgan fingerprint density at radius 3 is 2.83 bits per heavy atom. The van der Waals surface area contributed by atoms with Gasteiger partial charge in [-0.3, -0.25) is 4.21 Å². The van der Waals surface area contributed by atoms with Gasteiger partial charge in [-0.15, -0.1) is 0 Å². The van der Waals surface area contributed by atoms with Gasteiger partial charge in [0.05, 0.1) is 0 Å². The molecule has 0 heterocycles. The molecular weight excluding hydrogens is 176 g/mol. The molecule has 3 atom stereocenters. The van der Waals surface area contributed by atoms with Crippen LogP contribution < -0.4 is 0 Å². The van der Waals surface area contributed by atoms with Crippen LogP contribution in [0.3, 0.4) is 0 Å². The number of rotatable bonds is 2. The van der Waals surface area contributed by atoms with Crippen molar-refractivity contribution >= 4 is 10.8 Å². The molecule has 1 aliphatic rings. The van der Waals surface area contributed by atoms with E-state index < -0.39 is 23.0 Å². The second kappa shape index (κ2) is 3.98. The standard InChI is InChI=1S/C8H12O3S/c1-12(11)5-6-3-2-4-7(9)8(6)10/h2-4,7-10H,5H2,1H3/t7-,8+,12+/m0/s1. The Morgan fingerprint density at radius 1 is 1.58 bits per heavy atom.